The van der Waals surface area contributed by atoms with Gasteiger partial charge in [0.1, 0.15) is 0 Å². The molecule has 0 aliphatic carbocycles. The van der Waals surface area contributed by atoms with Crippen LogP contribution < -0.4 is 5.73 Å². The topological polar surface area (TPSA) is 59.2 Å². The van der Waals surface area contributed by atoms with E-state index in [9.17, 15) is 4.79 Å². The highest BCUT2D eigenvalue weighted by molar-refractivity contribution is 7.18. The van der Waals surface area contributed by atoms with Crippen LogP contribution >= 0.6 is 11.3 Å². The first-order chi connectivity index (χ1) is 11.7. The fraction of sp³-hybridized carbons (Fsp3) is 0.263. The van der Waals surface area contributed by atoms with Gasteiger partial charge in [-0.25, -0.2) is 4.98 Å². The van der Waals surface area contributed by atoms with Crippen molar-refractivity contribution in [3.63, 3.8) is 0 Å². The highest BCUT2D eigenvalue weighted by Crippen LogP contribution is 2.34. The molecule has 4 rings (SSSR count). The summed E-state index contributed by atoms with van der Waals surface area (Å²) in [5.74, 6) is 0.482. The number of nitrogens with two attached hydrogens (primary N) is 1. The summed E-state index contributed by atoms with van der Waals surface area (Å²) in [5, 5.41) is 1.20. The van der Waals surface area contributed by atoms with E-state index in [1.54, 1.807) is 23.5 Å². The van der Waals surface area contributed by atoms with Crippen LogP contribution in [0.3, 0.4) is 0 Å². The van der Waals surface area contributed by atoms with Gasteiger partial charge < -0.3 is 10.6 Å². The largest absolute Gasteiger partial charge is 0.398 e. The molecular formula is C19H19N3OS. The summed E-state index contributed by atoms with van der Waals surface area (Å²) in [6.45, 7) is 1.52. The van der Waals surface area contributed by atoms with Gasteiger partial charge in [-0.1, -0.05) is 24.3 Å². The van der Waals surface area contributed by atoms with Crippen molar-refractivity contribution in [1.29, 1.82) is 0 Å². The van der Waals surface area contributed by atoms with Crippen molar-refractivity contribution >= 4 is 33.1 Å². The molecule has 2 aromatic carbocycles. The average molecular weight is 337 g/mol. The van der Waals surface area contributed by atoms with Gasteiger partial charge in [-0.05, 0) is 37.1 Å². The number of carbonyl (C=O) groups excluding carboxylic acids is 1. The Morgan fingerprint density at radius 2 is 1.79 bits per heavy atom. The van der Waals surface area contributed by atoms with E-state index in [-0.39, 0.29) is 5.91 Å². The van der Waals surface area contributed by atoms with Crippen molar-refractivity contribution in [3.8, 4) is 0 Å². The zero-order chi connectivity index (χ0) is 16.5. The molecule has 1 saturated heterocycles. The van der Waals surface area contributed by atoms with Crippen molar-refractivity contribution in [2.24, 2.45) is 0 Å². The normalized spacial score (nSPS) is 15.8. The van der Waals surface area contributed by atoms with Crippen molar-refractivity contribution in [2.75, 3.05) is 18.8 Å². The Labute approximate surface area is 144 Å². The molecule has 3 aromatic rings. The molecule has 0 radical (unpaired) electrons. The molecule has 1 fully saturated rings. The number of amides is 1. The second kappa shape index (κ2) is 6.24. The molecule has 122 valence electrons. The molecule has 2 N–H and O–H groups in total. The summed E-state index contributed by atoms with van der Waals surface area (Å²) in [6.07, 6.45) is 1.91. The zero-order valence-corrected chi connectivity index (χ0v) is 14.1. The van der Waals surface area contributed by atoms with Gasteiger partial charge in [0, 0.05) is 24.7 Å². The molecule has 4 nitrogen and oxygen atoms in total. The molecular weight excluding hydrogens is 318 g/mol. The minimum absolute atomic E-state index is 0.0378. The monoisotopic (exact) mass is 337 g/mol. The summed E-state index contributed by atoms with van der Waals surface area (Å²) >= 11 is 1.78. The quantitative estimate of drug-likeness (QED) is 0.722. The molecule has 2 heterocycles. The first-order valence-corrected chi connectivity index (χ1v) is 9.03. The fourth-order valence-corrected chi connectivity index (χ4v) is 4.39. The lowest BCUT2D eigenvalue weighted by Crippen LogP contribution is -2.38. The molecule has 1 amide bonds. The van der Waals surface area contributed by atoms with E-state index in [1.807, 2.05) is 23.1 Å². The summed E-state index contributed by atoms with van der Waals surface area (Å²) in [7, 11) is 0. The van der Waals surface area contributed by atoms with Gasteiger partial charge in [0.2, 0.25) is 0 Å². The molecule has 0 unspecified atom stereocenters. The Bertz CT molecular complexity index is 848. The number of para-hydroxylation sites is 2. The Hall–Kier alpha value is -2.40. The van der Waals surface area contributed by atoms with E-state index >= 15 is 0 Å². The smallest absolute Gasteiger partial charge is 0.255 e. The molecule has 1 aliphatic rings. The van der Waals surface area contributed by atoms with Crippen molar-refractivity contribution in [3.05, 3.63) is 59.1 Å². The van der Waals surface area contributed by atoms with Gasteiger partial charge in [-0.3, -0.25) is 4.79 Å². The SMILES string of the molecule is Nc1ccccc1C(=O)N1CCC(c2nc3ccccc3s2)CC1. The summed E-state index contributed by atoms with van der Waals surface area (Å²) in [5.41, 5.74) is 8.17. The van der Waals surface area contributed by atoms with E-state index < -0.39 is 0 Å². The third-order valence-electron chi connectivity index (χ3n) is 4.63. The second-order valence-electron chi connectivity index (χ2n) is 6.17. The molecule has 1 aromatic heterocycles. The number of hydrogen-bond donors (Lipinski definition) is 1. The summed E-state index contributed by atoms with van der Waals surface area (Å²) < 4.78 is 1.24. The number of likely N-dealkylation sites (tertiary alicyclic amines) is 1. The Morgan fingerprint density at radius 1 is 1.08 bits per heavy atom. The van der Waals surface area contributed by atoms with Gasteiger partial charge in [-0.2, -0.15) is 0 Å². The number of hydrogen-bond acceptors (Lipinski definition) is 4. The Kier molecular flexibility index (Phi) is 3.94. The average Bonchev–Trinajstić information content (AvgIpc) is 3.06. The number of anilines is 1. The highest BCUT2D eigenvalue weighted by Gasteiger charge is 2.27. The molecule has 0 atom stereocenters. The third kappa shape index (κ3) is 2.76. The van der Waals surface area contributed by atoms with E-state index in [4.69, 9.17) is 10.7 Å². The standard InChI is InChI=1S/C19H19N3OS/c20-15-6-2-1-5-14(15)19(23)22-11-9-13(10-12-22)18-21-16-7-3-4-8-17(16)24-18/h1-8,13H,9-12,20H2. The van der Waals surface area contributed by atoms with Gasteiger partial charge in [0.15, 0.2) is 0 Å². The van der Waals surface area contributed by atoms with Gasteiger partial charge in [0.25, 0.3) is 5.91 Å². The third-order valence-corrected chi connectivity index (χ3v) is 5.83. The van der Waals surface area contributed by atoms with Crippen LogP contribution in [0.4, 0.5) is 5.69 Å². The van der Waals surface area contributed by atoms with Crippen molar-refractivity contribution in [1.82, 2.24) is 9.88 Å². The minimum Gasteiger partial charge on any atom is -0.398 e. The maximum atomic E-state index is 12.6. The van der Waals surface area contributed by atoms with E-state index in [0.717, 1.165) is 31.4 Å². The number of carbonyl (C=O) groups is 1. The van der Waals surface area contributed by atoms with Gasteiger partial charge >= 0.3 is 0 Å². The van der Waals surface area contributed by atoms with E-state index in [2.05, 4.69) is 18.2 Å². The van der Waals surface area contributed by atoms with Crippen LogP contribution in [0.1, 0.15) is 34.1 Å². The van der Waals surface area contributed by atoms with Crippen LogP contribution in [0.25, 0.3) is 10.2 Å². The maximum absolute atomic E-state index is 12.6. The highest BCUT2D eigenvalue weighted by atomic mass is 32.1. The lowest BCUT2D eigenvalue weighted by atomic mass is 9.97. The molecule has 5 heteroatoms. The van der Waals surface area contributed by atoms with Crippen LogP contribution in [0, 0.1) is 0 Å². The van der Waals surface area contributed by atoms with Crippen LogP contribution in [0.5, 0.6) is 0 Å². The van der Waals surface area contributed by atoms with E-state index in [1.165, 1.54) is 9.71 Å². The van der Waals surface area contributed by atoms with Crippen molar-refractivity contribution < 1.29 is 4.79 Å². The van der Waals surface area contributed by atoms with Crippen LogP contribution in [-0.4, -0.2) is 28.9 Å². The maximum Gasteiger partial charge on any atom is 0.255 e. The number of nitrogens with zero attached hydrogens (tertiary/aromatic N) is 2. The predicted molar refractivity (Wildman–Crippen MR) is 98.4 cm³/mol. The van der Waals surface area contributed by atoms with Crippen molar-refractivity contribution in [2.45, 2.75) is 18.8 Å². The molecule has 0 bridgehead atoms. The molecule has 0 saturated carbocycles. The lowest BCUT2D eigenvalue weighted by molar-refractivity contribution is 0.0714. The Morgan fingerprint density at radius 3 is 2.54 bits per heavy atom. The number of thiazole rings is 1. The van der Waals surface area contributed by atoms with Crippen LogP contribution in [0.15, 0.2) is 48.5 Å². The second-order valence-corrected chi connectivity index (χ2v) is 7.24. The van der Waals surface area contributed by atoms with Crippen LogP contribution in [-0.2, 0) is 0 Å². The molecule has 1 aliphatic heterocycles. The zero-order valence-electron chi connectivity index (χ0n) is 13.3. The first-order valence-electron chi connectivity index (χ1n) is 8.21. The molecule has 24 heavy (non-hydrogen) atoms. The number of nitrogen functional groups attached to an aromatic ring is 1. The van der Waals surface area contributed by atoms with E-state index in [0.29, 0.717) is 17.2 Å². The number of piperidine rings is 1. The van der Waals surface area contributed by atoms with Gasteiger partial charge in [0.05, 0.1) is 20.8 Å². The molecule has 0 spiro atoms. The number of benzene rings is 2. The summed E-state index contributed by atoms with van der Waals surface area (Å²) in [6, 6.07) is 15.5. The van der Waals surface area contributed by atoms with Gasteiger partial charge in [-0.15, -0.1) is 11.3 Å². The first kappa shape index (κ1) is 15.1. The van der Waals surface area contributed by atoms with Crippen LogP contribution in [0.2, 0.25) is 0 Å². The Balaban J connectivity index is 1.47. The number of fused-ring (bicyclic) bond motifs is 1. The predicted octanol–water partition coefficient (Wildman–Crippen LogP) is 3.90. The summed E-state index contributed by atoms with van der Waals surface area (Å²) in [4.78, 5) is 19.3. The number of aromatic nitrogens is 1. The number of rotatable bonds is 2. The lowest BCUT2D eigenvalue weighted by Gasteiger charge is -2.31. The minimum atomic E-state index is 0.0378. The fourth-order valence-electron chi connectivity index (χ4n) is 3.26.